The summed E-state index contributed by atoms with van der Waals surface area (Å²) in [6, 6.07) is 2.14. The summed E-state index contributed by atoms with van der Waals surface area (Å²) in [6.45, 7) is 3.25. The maximum Gasteiger partial charge on any atom is 0.264 e. The van der Waals surface area contributed by atoms with Crippen LogP contribution in [0.25, 0.3) is 0 Å². The Balaban J connectivity index is 1.50. The van der Waals surface area contributed by atoms with Crippen molar-refractivity contribution in [1.29, 1.82) is 0 Å². The highest BCUT2D eigenvalue weighted by atomic mass is 32.1. The van der Waals surface area contributed by atoms with Gasteiger partial charge in [0, 0.05) is 12.5 Å². The number of carbonyl (C=O) groups excluding carboxylic acids is 2. The molecule has 2 unspecified atom stereocenters. The molecule has 1 aromatic rings. The Morgan fingerprint density at radius 2 is 2.04 bits per heavy atom. The molecule has 0 radical (unpaired) electrons. The third-order valence-corrected chi connectivity index (χ3v) is 6.44. The summed E-state index contributed by atoms with van der Waals surface area (Å²) < 4.78 is 5.87. The molecular formula is C18H24N2O3S. The molecule has 2 amide bonds. The van der Waals surface area contributed by atoms with Crippen LogP contribution >= 0.6 is 11.3 Å². The fourth-order valence-electron chi connectivity index (χ4n) is 3.80. The molecule has 5 nitrogen and oxygen atoms in total. The monoisotopic (exact) mass is 348 g/mol. The molecule has 2 heterocycles. The molecule has 2 atom stereocenters. The van der Waals surface area contributed by atoms with Gasteiger partial charge in [0.1, 0.15) is 0 Å². The van der Waals surface area contributed by atoms with Crippen LogP contribution < -0.4 is 5.32 Å². The van der Waals surface area contributed by atoms with E-state index in [1.807, 2.05) is 17.9 Å². The van der Waals surface area contributed by atoms with Gasteiger partial charge in [0.25, 0.3) is 5.91 Å². The average molecular weight is 348 g/mol. The number of hydrogen-bond acceptors (Lipinski definition) is 4. The quantitative estimate of drug-likeness (QED) is 0.913. The highest BCUT2D eigenvalue weighted by molar-refractivity contribution is 7.18. The van der Waals surface area contributed by atoms with E-state index in [1.165, 1.54) is 24.2 Å². The normalized spacial score (nSPS) is 26.8. The number of ether oxygens (including phenoxy) is 1. The number of nitrogens with zero attached hydrogens (tertiary/aromatic N) is 1. The minimum absolute atomic E-state index is 0.0916. The van der Waals surface area contributed by atoms with Crippen molar-refractivity contribution in [3.63, 3.8) is 0 Å². The summed E-state index contributed by atoms with van der Waals surface area (Å²) in [6.07, 6.45) is 6.62. The predicted octanol–water partition coefficient (Wildman–Crippen LogP) is 3.19. The molecule has 2 saturated carbocycles. The first-order valence-corrected chi connectivity index (χ1v) is 9.79. The lowest BCUT2D eigenvalue weighted by Crippen LogP contribution is -2.54. The molecule has 1 saturated heterocycles. The van der Waals surface area contributed by atoms with Crippen molar-refractivity contribution in [1.82, 2.24) is 4.90 Å². The molecular weight excluding hydrogens is 324 g/mol. The van der Waals surface area contributed by atoms with Gasteiger partial charge < -0.3 is 15.0 Å². The minimum Gasteiger partial charge on any atom is -0.374 e. The van der Waals surface area contributed by atoms with Crippen molar-refractivity contribution >= 4 is 28.2 Å². The highest BCUT2D eigenvalue weighted by Gasteiger charge is 2.38. The molecule has 24 heavy (non-hydrogen) atoms. The zero-order valence-corrected chi connectivity index (χ0v) is 14.9. The number of morpholine rings is 1. The van der Waals surface area contributed by atoms with Crippen molar-refractivity contribution < 1.29 is 14.3 Å². The van der Waals surface area contributed by atoms with Crippen molar-refractivity contribution in [2.45, 2.75) is 57.6 Å². The number of rotatable bonds is 3. The van der Waals surface area contributed by atoms with E-state index in [0.29, 0.717) is 13.2 Å². The summed E-state index contributed by atoms with van der Waals surface area (Å²) in [5, 5.41) is 3.76. The molecule has 0 bridgehead atoms. The Morgan fingerprint density at radius 3 is 2.83 bits per heavy atom. The maximum absolute atomic E-state index is 13.1. The van der Waals surface area contributed by atoms with E-state index in [9.17, 15) is 9.59 Å². The van der Waals surface area contributed by atoms with Crippen LogP contribution in [0.2, 0.25) is 0 Å². The van der Waals surface area contributed by atoms with Gasteiger partial charge in [-0.3, -0.25) is 9.59 Å². The van der Waals surface area contributed by atoms with E-state index < -0.39 is 0 Å². The van der Waals surface area contributed by atoms with Gasteiger partial charge in [-0.25, -0.2) is 0 Å². The molecule has 6 heteroatoms. The molecule has 1 N–H and O–H groups in total. The number of nitrogens with one attached hydrogen (secondary N) is 1. The molecule has 130 valence electrons. The maximum atomic E-state index is 13.1. The second-order valence-electron chi connectivity index (χ2n) is 7.15. The van der Waals surface area contributed by atoms with Crippen LogP contribution in [0.4, 0.5) is 5.00 Å². The zero-order valence-electron chi connectivity index (χ0n) is 14.0. The lowest BCUT2D eigenvalue weighted by Gasteiger charge is -2.43. The van der Waals surface area contributed by atoms with Gasteiger partial charge in [0.05, 0.1) is 28.6 Å². The van der Waals surface area contributed by atoms with Crippen LogP contribution in [0.5, 0.6) is 0 Å². The number of thiophene rings is 1. The van der Waals surface area contributed by atoms with Gasteiger partial charge in [0.2, 0.25) is 5.91 Å². The average Bonchev–Trinajstić information content (AvgIpc) is 3.38. The summed E-state index contributed by atoms with van der Waals surface area (Å²) in [7, 11) is 0. The van der Waals surface area contributed by atoms with E-state index in [0.717, 1.165) is 41.1 Å². The summed E-state index contributed by atoms with van der Waals surface area (Å²) >= 11 is 1.41. The van der Waals surface area contributed by atoms with Gasteiger partial charge in [-0.15, -0.1) is 11.3 Å². The molecule has 2 aliphatic carbocycles. The van der Waals surface area contributed by atoms with Gasteiger partial charge in [0.15, 0.2) is 0 Å². The zero-order chi connectivity index (χ0) is 16.7. The summed E-state index contributed by atoms with van der Waals surface area (Å²) in [5.41, 5.74) is 0.954. The molecule has 1 aliphatic heterocycles. The fraction of sp³-hybridized carbons (Fsp3) is 0.667. The van der Waals surface area contributed by atoms with Crippen LogP contribution in [0.15, 0.2) is 6.07 Å². The van der Waals surface area contributed by atoms with Gasteiger partial charge >= 0.3 is 0 Å². The summed E-state index contributed by atoms with van der Waals surface area (Å²) in [5.74, 6) is 0.368. The first kappa shape index (κ1) is 16.1. The Labute approximate surface area is 146 Å². The smallest absolute Gasteiger partial charge is 0.264 e. The molecule has 0 aromatic carbocycles. The first-order chi connectivity index (χ1) is 11.6. The van der Waals surface area contributed by atoms with E-state index >= 15 is 0 Å². The van der Waals surface area contributed by atoms with E-state index in [2.05, 4.69) is 5.32 Å². The molecule has 4 rings (SSSR count). The van der Waals surface area contributed by atoms with Gasteiger partial charge in [-0.05, 0) is 44.2 Å². The van der Waals surface area contributed by atoms with Gasteiger partial charge in [-0.1, -0.05) is 12.8 Å². The van der Waals surface area contributed by atoms with Crippen molar-refractivity contribution in [2.75, 3.05) is 18.5 Å². The Morgan fingerprint density at radius 1 is 1.25 bits per heavy atom. The van der Waals surface area contributed by atoms with Crippen LogP contribution in [0.3, 0.4) is 0 Å². The lowest BCUT2D eigenvalue weighted by molar-refractivity contribution is -0.117. The topological polar surface area (TPSA) is 58.6 Å². The SMILES string of the molecule is Cc1cc(NC(=O)C2CC2)sc1C(=O)N1CCOC2CCCCC21. The minimum atomic E-state index is 0.0916. The van der Waals surface area contributed by atoms with Crippen molar-refractivity contribution in [3.8, 4) is 0 Å². The van der Waals surface area contributed by atoms with E-state index in [1.54, 1.807) is 0 Å². The lowest BCUT2D eigenvalue weighted by atomic mass is 9.90. The number of anilines is 1. The Kier molecular flexibility index (Phi) is 4.35. The van der Waals surface area contributed by atoms with Gasteiger partial charge in [-0.2, -0.15) is 0 Å². The summed E-state index contributed by atoms with van der Waals surface area (Å²) in [4.78, 5) is 27.8. The predicted molar refractivity (Wildman–Crippen MR) is 93.4 cm³/mol. The van der Waals surface area contributed by atoms with E-state index in [-0.39, 0.29) is 29.9 Å². The number of hydrogen-bond donors (Lipinski definition) is 1. The fourth-order valence-corrected chi connectivity index (χ4v) is 4.84. The number of fused-ring (bicyclic) bond motifs is 1. The van der Waals surface area contributed by atoms with Crippen molar-refractivity contribution in [3.05, 3.63) is 16.5 Å². The Hall–Kier alpha value is -1.40. The first-order valence-electron chi connectivity index (χ1n) is 8.97. The second kappa shape index (κ2) is 6.48. The van der Waals surface area contributed by atoms with Crippen LogP contribution in [-0.4, -0.2) is 42.0 Å². The number of amides is 2. The number of carbonyl (C=O) groups is 2. The van der Waals surface area contributed by atoms with Crippen LogP contribution in [0.1, 0.15) is 53.8 Å². The van der Waals surface area contributed by atoms with Crippen LogP contribution in [0, 0.1) is 12.8 Å². The Bertz CT molecular complexity index is 651. The second-order valence-corrected chi connectivity index (χ2v) is 8.20. The third kappa shape index (κ3) is 3.09. The molecule has 3 aliphatic rings. The van der Waals surface area contributed by atoms with Crippen LogP contribution in [-0.2, 0) is 9.53 Å². The standard InChI is InChI=1S/C18H24N2O3S/c1-11-10-15(19-17(21)12-6-7-12)24-16(11)18(22)20-8-9-23-14-5-3-2-4-13(14)20/h10,12-14H,2-9H2,1H3,(H,19,21). The highest BCUT2D eigenvalue weighted by Crippen LogP contribution is 2.35. The van der Waals surface area contributed by atoms with E-state index in [4.69, 9.17) is 4.74 Å². The molecule has 0 spiro atoms. The van der Waals surface area contributed by atoms with Crippen molar-refractivity contribution in [2.24, 2.45) is 5.92 Å². The molecule has 3 fully saturated rings. The third-order valence-electron chi connectivity index (χ3n) is 5.30. The number of aryl methyl sites for hydroxylation is 1. The molecule has 1 aromatic heterocycles. The largest absolute Gasteiger partial charge is 0.374 e.